The van der Waals surface area contributed by atoms with Crippen molar-refractivity contribution >= 4 is 5.69 Å². The van der Waals surface area contributed by atoms with E-state index in [1.807, 2.05) is 12.1 Å². The maximum atomic E-state index is 13.7. The van der Waals surface area contributed by atoms with Crippen LogP contribution in [-0.2, 0) is 0 Å². The van der Waals surface area contributed by atoms with Crippen LogP contribution in [0.4, 0.5) is 10.1 Å². The number of hydrogen-bond acceptors (Lipinski definition) is 2. The van der Waals surface area contributed by atoms with Crippen molar-refractivity contribution in [3.05, 3.63) is 30.1 Å². The second kappa shape index (κ2) is 7.28. The molecule has 0 heterocycles. The molecule has 0 radical (unpaired) electrons. The highest BCUT2D eigenvalue weighted by Gasteiger charge is 2.12. The zero-order valence-corrected chi connectivity index (χ0v) is 10.8. The first-order valence-corrected chi connectivity index (χ1v) is 6.38. The third kappa shape index (κ3) is 4.35. The molecule has 3 heteroatoms. The van der Waals surface area contributed by atoms with Crippen LogP contribution in [-0.4, -0.2) is 19.6 Å². The number of halogens is 1. The van der Waals surface area contributed by atoms with Crippen molar-refractivity contribution in [2.24, 2.45) is 11.7 Å². The van der Waals surface area contributed by atoms with Gasteiger partial charge in [0.05, 0.1) is 5.69 Å². The first kappa shape index (κ1) is 14.0. The van der Waals surface area contributed by atoms with Crippen molar-refractivity contribution in [2.45, 2.75) is 26.7 Å². The van der Waals surface area contributed by atoms with Gasteiger partial charge in [0.15, 0.2) is 0 Å². The molecular weight excluding hydrogens is 215 g/mol. The third-order valence-corrected chi connectivity index (χ3v) is 3.01. The maximum Gasteiger partial charge on any atom is 0.146 e. The minimum atomic E-state index is -0.139. The summed E-state index contributed by atoms with van der Waals surface area (Å²) in [6, 6.07) is 6.97. The molecule has 1 atom stereocenters. The number of para-hydroxylation sites is 1. The van der Waals surface area contributed by atoms with Crippen molar-refractivity contribution in [1.82, 2.24) is 0 Å². The molecular formula is C14H23FN2. The van der Waals surface area contributed by atoms with Crippen LogP contribution in [0, 0.1) is 11.7 Å². The first-order valence-electron chi connectivity index (χ1n) is 6.38. The molecule has 0 saturated heterocycles. The summed E-state index contributed by atoms with van der Waals surface area (Å²) in [6.07, 6.45) is 2.14. The topological polar surface area (TPSA) is 29.3 Å². The maximum absolute atomic E-state index is 13.7. The zero-order valence-electron chi connectivity index (χ0n) is 10.8. The van der Waals surface area contributed by atoms with Gasteiger partial charge in [-0.2, -0.15) is 0 Å². The lowest BCUT2D eigenvalue weighted by atomic mass is 10.0. The van der Waals surface area contributed by atoms with Gasteiger partial charge in [-0.1, -0.05) is 19.1 Å². The number of nitrogens with zero attached hydrogens (tertiary/aromatic N) is 1. The van der Waals surface area contributed by atoms with Gasteiger partial charge in [0, 0.05) is 13.1 Å². The lowest BCUT2D eigenvalue weighted by Gasteiger charge is -2.27. The Morgan fingerprint density at radius 1 is 1.35 bits per heavy atom. The highest BCUT2D eigenvalue weighted by atomic mass is 19.1. The second-order valence-electron chi connectivity index (χ2n) is 4.53. The summed E-state index contributed by atoms with van der Waals surface area (Å²) in [4.78, 5) is 2.09. The molecule has 1 aromatic rings. The van der Waals surface area contributed by atoms with E-state index < -0.39 is 0 Å². The lowest BCUT2D eigenvalue weighted by Crippen LogP contribution is -2.29. The Kier molecular flexibility index (Phi) is 5.98. The Bertz CT molecular complexity index is 328. The summed E-state index contributed by atoms with van der Waals surface area (Å²) in [5, 5.41) is 0. The van der Waals surface area contributed by atoms with Crippen molar-refractivity contribution < 1.29 is 4.39 Å². The minimum Gasteiger partial charge on any atom is -0.369 e. The Morgan fingerprint density at radius 3 is 2.65 bits per heavy atom. The third-order valence-electron chi connectivity index (χ3n) is 3.01. The van der Waals surface area contributed by atoms with Crippen molar-refractivity contribution in [1.29, 1.82) is 0 Å². The molecule has 1 unspecified atom stereocenters. The van der Waals surface area contributed by atoms with Crippen molar-refractivity contribution in [2.75, 3.05) is 24.5 Å². The molecule has 0 aliphatic heterocycles. The van der Waals surface area contributed by atoms with Gasteiger partial charge in [0.2, 0.25) is 0 Å². The predicted octanol–water partition coefficient (Wildman–Crippen LogP) is 3.03. The number of hydrogen-bond donors (Lipinski definition) is 1. The Morgan fingerprint density at radius 2 is 2.06 bits per heavy atom. The van der Waals surface area contributed by atoms with Gasteiger partial charge in [0.1, 0.15) is 5.82 Å². The van der Waals surface area contributed by atoms with Crippen LogP contribution in [0.15, 0.2) is 24.3 Å². The van der Waals surface area contributed by atoms with E-state index in [-0.39, 0.29) is 5.82 Å². The van der Waals surface area contributed by atoms with Gasteiger partial charge >= 0.3 is 0 Å². The summed E-state index contributed by atoms with van der Waals surface area (Å²) >= 11 is 0. The predicted molar refractivity (Wildman–Crippen MR) is 71.7 cm³/mol. The van der Waals surface area contributed by atoms with Gasteiger partial charge in [0.25, 0.3) is 0 Å². The molecule has 0 aliphatic carbocycles. The van der Waals surface area contributed by atoms with E-state index in [1.165, 1.54) is 6.07 Å². The van der Waals surface area contributed by atoms with Gasteiger partial charge in [-0.25, -0.2) is 4.39 Å². The van der Waals surface area contributed by atoms with E-state index in [0.717, 1.165) is 32.5 Å². The molecule has 0 spiro atoms. The molecule has 96 valence electrons. The smallest absolute Gasteiger partial charge is 0.146 e. The number of nitrogens with two attached hydrogens (primary N) is 1. The molecule has 0 fully saturated rings. The fourth-order valence-electron chi connectivity index (χ4n) is 2.04. The average molecular weight is 238 g/mol. The fraction of sp³-hybridized carbons (Fsp3) is 0.571. The number of benzene rings is 1. The van der Waals surface area contributed by atoms with Crippen LogP contribution in [0.25, 0.3) is 0 Å². The number of anilines is 1. The Hall–Kier alpha value is -1.09. The molecule has 1 aromatic carbocycles. The van der Waals surface area contributed by atoms with Gasteiger partial charge in [-0.15, -0.1) is 0 Å². The standard InChI is InChI=1S/C14H23FN2/c1-3-17(11-12(2)7-6-10-16)14-9-5-4-8-13(14)15/h4-5,8-9,12H,3,6-7,10-11,16H2,1-2H3. The second-order valence-corrected chi connectivity index (χ2v) is 4.53. The van der Waals surface area contributed by atoms with Gasteiger partial charge in [-0.05, 0) is 44.4 Å². The molecule has 1 rings (SSSR count). The summed E-state index contributed by atoms with van der Waals surface area (Å²) in [5.41, 5.74) is 6.21. The minimum absolute atomic E-state index is 0.139. The van der Waals surface area contributed by atoms with E-state index >= 15 is 0 Å². The normalized spacial score (nSPS) is 12.5. The highest BCUT2D eigenvalue weighted by molar-refractivity contribution is 5.47. The van der Waals surface area contributed by atoms with E-state index in [9.17, 15) is 4.39 Å². The van der Waals surface area contributed by atoms with Crippen molar-refractivity contribution in [3.63, 3.8) is 0 Å². The monoisotopic (exact) mass is 238 g/mol. The number of rotatable bonds is 7. The molecule has 0 aromatic heterocycles. The Labute approximate surface area is 104 Å². The lowest BCUT2D eigenvalue weighted by molar-refractivity contribution is 0.501. The molecule has 17 heavy (non-hydrogen) atoms. The highest BCUT2D eigenvalue weighted by Crippen LogP contribution is 2.20. The summed E-state index contributed by atoms with van der Waals surface area (Å²) < 4.78 is 13.7. The van der Waals surface area contributed by atoms with Crippen molar-refractivity contribution in [3.8, 4) is 0 Å². The average Bonchev–Trinajstić information content (AvgIpc) is 2.34. The summed E-state index contributed by atoms with van der Waals surface area (Å²) in [6.45, 7) is 6.70. The molecule has 0 aliphatic rings. The van der Waals surface area contributed by atoms with Crippen LogP contribution < -0.4 is 10.6 Å². The van der Waals surface area contributed by atoms with E-state index in [2.05, 4.69) is 18.7 Å². The van der Waals surface area contributed by atoms with E-state index in [4.69, 9.17) is 5.73 Å². The van der Waals surface area contributed by atoms with Crippen LogP contribution in [0.1, 0.15) is 26.7 Å². The van der Waals surface area contributed by atoms with Gasteiger partial charge < -0.3 is 10.6 Å². The summed E-state index contributed by atoms with van der Waals surface area (Å²) in [7, 11) is 0. The quantitative estimate of drug-likeness (QED) is 0.791. The molecule has 2 nitrogen and oxygen atoms in total. The molecule has 0 saturated carbocycles. The van der Waals surface area contributed by atoms with Crippen LogP contribution in [0.5, 0.6) is 0 Å². The van der Waals surface area contributed by atoms with E-state index in [1.54, 1.807) is 6.07 Å². The van der Waals surface area contributed by atoms with Crippen LogP contribution >= 0.6 is 0 Å². The first-order chi connectivity index (χ1) is 8.19. The van der Waals surface area contributed by atoms with Crippen LogP contribution in [0.2, 0.25) is 0 Å². The fourth-order valence-corrected chi connectivity index (χ4v) is 2.04. The largest absolute Gasteiger partial charge is 0.369 e. The zero-order chi connectivity index (χ0) is 12.7. The Balaban J connectivity index is 2.62. The summed E-state index contributed by atoms with van der Waals surface area (Å²) in [5.74, 6) is 0.401. The molecule has 0 amide bonds. The van der Waals surface area contributed by atoms with Gasteiger partial charge in [-0.3, -0.25) is 0 Å². The van der Waals surface area contributed by atoms with E-state index in [0.29, 0.717) is 11.6 Å². The molecule has 2 N–H and O–H groups in total. The van der Waals surface area contributed by atoms with Crippen LogP contribution in [0.3, 0.4) is 0 Å². The molecule has 0 bridgehead atoms. The SMILES string of the molecule is CCN(CC(C)CCCN)c1ccccc1F.